The van der Waals surface area contributed by atoms with E-state index in [-0.39, 0.29) is 24.4 Å². The molecule has 4 rings (SSSR count). The van der Waals surface area contributed by atoms with Crippen LogP contribution in [0, 0.1) is 0 Å². The zero-order valence-electron chi connectivity index (χ0n) is 19.1. The van der Waals surface area contributed by atoms with E-state index in [2.05, 4.69) is 10.6 Å². The number of nitrogens with zero attached hydrogens (tertiary/aromatic N) is 2. The molecule has 0 spiro atoms. The lowest BCUT2D eigenvalue weighted by Crippen LogP contribution is -2.50. The third-order valence-electron chi connectivity index (χ3n) is 6.16. The monoisotopic (exact) mass is 482 g/mol. The number of carbonyl (C=O) groups excluding carboxylic acids is 3. The van der Waals surface area contributed by atoms with Gasteiger partial charge in [-0.1, -0.05) is 60.1 Å². The molecule has 2 aliphatic rings. The number of carbonyl (C=O) groups is 3. The predicted octanol–water partition coefficient (Wildman–Crippen LogP) is 2.51. The van der Waals surface area contributed by atoms with Gasteiger partial charge < -0.3 is 20.3 Å². The predicted molar refractivity (Wildman–Crippen MR) is 128 cm³/mol. The van der Waals surface area contributed by atoms with Crippen LogP contribution in [0.15, 0.2) is 65.9 Å². The third-order valence-corrected chi connectivity index (χ3v) is 6.50. The Morgan fingerprint density at radius 1 is 1.18 bits per heavy atom. The summed E-state index contributed by atoms with van der Waals surface area (Å²) in [5.41, 5.74) is 2.56. The van der Waals surface area contributed by atoms with E-state index in [4.69, 9.17) is 16.3 Å². The number of rotatable bonds is 8. The van der Waals surface area contributed by atoms with Crippen molar-refractivity contribution in [1.82, 2.24) is 20.4 Å². The number of nitrogens with one attached hydrogen (secondary N) is 2. The van der Waals surface area contributed by atoms with Crippen LogP contribution in [0.4, 0.5) is 4.79 Å². The van der Waals surface area contributed by atoms with Crippen molar-refractivity contribution in [2.45, 2.75) is 18.5 Å². The molecule has 0 fully saturated rings. The Hall–Kier alpha value is -3.36. The first-order valence-electron chi connectivity index (χ1n) is 11.1. The van der Waals surface area contributed by atoms with E-state index in [9.17, 15) is 14.4 Å². The molecule has 2 heterocycles. The molecule has 2 aromatic carbocycles. The highest BCUT2D eigenvalue weighted by Crippen LogP contribution is 2.38. The second kappa shape index (κ2) is 10.3. The Morgan fingerprint density at radius 3 is 2.59 bits per heavy atom. The molecule has 2 unspecified atom stereocenters. The van der Waals surface area contributed by atoms with Crippen LogP contribution in [-0.4, -0.2) is 67.5 Å². The number of ether oxygens (including phenoxy) is 1. The maximum Gasteiger partial charge on any atom is 0.322 e. The van der Waals surface area contributed by atoms with Crippen molar-refractivity contribution in [2.24, 2.45) is 0 Å². The van der Waals surface area contributed by atoms with Gasteiger partial charge in [-0.2, -0.15) is 0 Å². The largest absolute Gasteiger partial charge is 0.383 e. The Bertz CT molecular complexity index is 1120. The second-order valence-electron chi connectivity index (χ2n) is 8.25. The highest BCUT2D eigenvalue weighted by molar-refractivity contribution is 6.31. The molecule has 34 heavy (non-hydrogen) atoms. The first-order valence-corrected chi connectivity index (χ1v) is 11.4. The highest BCUT2D eigenvalue weighted by atomic mass is 35.5. The maximum atomic E-state index is 13.8. The van der Waals surface area contributed by atoms with E-state index in [0.717, 1.165) is 5.56 Å². The van der Waals surface area contributed by atoms with Gasteiger partial charge in [0.05, 0.1) is 30.5 Å². The molecular formula is C25H27ClN4O4. The number of benzene rings is 2. The minimum Gasteiger partial charge on any atom is -0.383 e. The summed E-state index contributed by atoms with van der Waals surface area (Å²) in [6.07, 6.45) is 0.341. The number of urea groups is 1. The van der Waals surface area contributed by atoms with Gasteiger partial charge in [0.1, 0.15) is 6.04 Å². The lowest BCUT2D eigenvalue weighted by molar-refractivity contribution is -0.136. The second-order valence-corrected chi connectivity index (χ2v) is 8.65. The molecule has 2 aliphatic heterocycles. The van der Waals surface area contributed by atoms with Gasteiger partial charge in [0.25, 0.3) is 5.91 Å². The Morgan fingerprint density at radius 2 is 1.88 bits per heavy atom. The summed E-state index contributed by atoms with van der Waals surface area (Å²) >= 11 is 6.42. The molecule has 0 saturated carbocycles. The topological polar surface area (TPSA) is 91.0 Å². The first-order chi connectivity index (χ1) is 16.4. The fourth-order valence-corrected chi connectivity index (χ4v) is 4.60. The normalized spacial score (nSPS) is 18.6. The van der Waals surface area contributed by atoms with E-state index < -0.39 is 12.1 Å². The van der Waals surface area contributed by atoms with Crippen LogP contribution in [0.5, 0.6) is 0 Å². The first kappa shape index (κ1) is 23.8. The molecule has 2 N–H and O–H groups in total. The Kier molecular flexibility index (Phi) is 7.19. The zero-order chi connectivity index (χ0) is 24.2. The number of methoxy groups -OCH3 is 1. The smallest absolute Gasteiger partial charge is 0.322 e. The molecule has 0 aliphatic carbocycles. The molecule has 178 valence electrons. The Balaban J connectivity index is 1.68. The standard InChI is InChI=1S/C25H27ClN4O4/c1-29-20-15-30(19(23(31)27-12-13-34-2)14-16-8-4-3-5-9-16)24(32)21(20)22(28-25(29)33)17-10-6-7-11-18(17)26/h3-11,19,22H,12-15H2,1-2H3,(H,27,31)(H,28,33). The molecule has 0 radical (unpaired) electrons. The fraction of sp³-hybridized carbons (Fsp3) is 0.320. The van der Waals surface area contributed by atoms with Crippen molar-refractivity contribution in [1.29, 1.82) is 0 Å². The number of likely N-dealkylation sites (N-methyl/N-ethyl adjacent to an activating group) is 1. The average Bonchev–Trinajstić information content (AvgIpc) is 3.18. The molecule has 2 atom stereocenters. The number of amides is 4. The van der Waals surface area contributed by atoms with Crippen LogP contribution in [-0.2, 0) is 20.7 Å². The summed E-state index contributed by atoms with van der Waals surface area (Å²) in [4.78, 5) is 42.7. The summed E-state index contributed by atoms with van der Waals surface area (Å²) in [6.45, 7) is 0.842. The molecule has 0 saturated heterocycles. The Labute approximate surface area is 203 Å². The van der Waals surface area contributed by atoms with E-state index in [1.54, 1.807) is 37.3 Å². The molecule has 8 nitrogen and oxygen atoms in total. The SMILES string of the molecule is COCCNC(=O)C(Cc1ccccc1)N1CC2=C(C1=O)C(c1ccccc1Cl)NC(=O)N2C. The molecule has 9 heteroatoms. The van der Waals surface area contributed by atoms with Crippen molar-refractivity contribution in [2.75, 3.05) is 33.9 Å². The minimum atomic E-state index is -0.757. The van der Waals surface area contributed by atoms with Crippen LogP contribution in [0.1, 0.15) is 17.2 Å². The number of hydrogen-bond donors (Lipinski definition) is 2. The quantitative estimate of drug-likeness (QED) is 0.566. The number of hydrogen-bond acceptors (Lipinski definition) is 4. The molecule has 4 amide bonds. The van der Waals surface area contributed by atoms with Crippen LogP contribution in [0.25, 0.3) is 0 Å². The van der Waals surface area contributed by atoms with E-state index in [1.165, 1.54) is 4.90 Å². The zero-order valence-corrected chi connectivity index (χ0v) is 19.8. The van der Waals surface area contributed by atoms with Gasteiger partial charge in [-0.05, 0) is 17.2 Å². The van der Waals surface area contributed by atoms with E-state index in [0.29, 0.717) is 41.4 Å². The van der Waals surface area contributed by atoms with Gasteiger partial charge in [-0.3, -0.25) is 14.5 Å². The molecule has 0 aromatic heterocycles. The summed E-state index contributed by atoms with van der Waals surface area (Å²) in [6, 6.07) is 14.9. The highest BCUT2D eigenvalue weighted by Gasteiger charge is 2.46. The summed E-state index contributed by atoms with van der Waals surface area (Å²) < 4.78 is 5.05. The fourth-order valence-electron chi connectivity index (χ4n) is 4.36. The van der Waals surface area contributed by atoms with Gasteiger partial charge in [0.15, 0.2) is 0 Å². The van der Waals surface area contributed by atoms with Gasteiger partial charge >= 0.3 is 6.03 Å². The van der Waals surface area contributed by atoms with Crippen molar-refractivity contribution in [3.05, 3.63) is 82.0 Å². The third kappa shape index (κ3) is 4.64. The lowest BCUT2D eigenvalue weighted by Gasteiger charge is -2.31. The van der Waals surface area contributed by atoms with Crippen LogP contribution < -0.4 is 10.6 Å². The molecular weight excluding hydrogens is 456 g/mol. The number of halogens is 1. The van der Waals surface area contributed by atoms with Gasteiger partial charge in [-0.15, -0.1) is 0 Å². The summed E-state index contributed by atoms with van der Waals surface area (Å²) in [7, 11) is 3.18. The average molecular weight is 483 g/mol. The summed E-state index contributed by atoms with van der Waals surface area (Å²) in [5.74, 6) is -0.570. The molecule has 2 aromatic rings. The van der Waals surface area contributed by atoms with Gasteiger partial charge in [-0.25, -0.2) is 4.79 Å². The van der Waals surface area contributed by atoms with Gasteiger partial charge in [0, 0.05) is 32.1 Å². The van der Waals surface area contributed by atoms with Crippen molar-refractivity contribution < 1.29 is 19.1 Å². The van der Waals surface area contributed by atoms with Crippen molar-refractivity contribution in [3.63, 3.8) is 0 Å². The van der Waals surface area contributed by atoms with E-state index in [1.807, 2.05) is 36.4 Å². The summed E-state index contributed by atoms with van der Waals surface area (Å²) in [5, 5.41) is 6.20. The van der Waals surface area contributed by atoms with Crippen molar-refractivity contribution in [3.8, 4) is 0 Å². The maximum absolute atomic E-state index is 13.8. The van der Waals surface area contributed by atoms with Crippen LogP contribution in [0.3, 0.4) is 0 Å². The van der Waals surface area contributed by atoms with Crippen molar-refractivity contribution >= 4 is 29.4 Å². The lowest BCUT2D eigenvalue weighted by atomic mass is 9.95. The molecule has 0 bridgehead atoms. The van der Waals surface area contributed by atoms with Crippen LogP contribution in [0.2, 0.25) is 5.02 Å². The van der Waals surface area contributed by atoms with Gasteiger partial charge in [0.2, 0.25) is 5.91 Å². The van der Waals surface area contributed by atoms with E-state index >= 15 is 0 Å². The van der Waals surface area contributed by atoms with Crippen LogP contribution >= 0.6 is 11.6 Å². The minimum absolute atomic E-state index is 0.147.